The second-order valence-electron chi connectivity index (χ2n) is 8.18. The third kappa shape index (κ3) is 6.07. The lowest BCUT2D eigenvalue weighted by Gasteiger charge is -2.23. The van der Waals surface area contributed by atoms with Crippen molar-refractivity contribution < 1.29 is 18.3 Å². The van der Waals surface area contributed by atoms with Crippen LogP contribution in [0.5, 0.6) is 0 Å². The largest absolute Gasteiger partial charge is 0.458 e. The molecule has 3 aromatic carbocycles. The van der Waals surface area contributed by atoms with Gasteiger partial charge in [-0.3, -0.25) is 4.99 Å². The fourth-order valence-electron chi connectivity index (χ4n) is 3.13. The van der Waals surface area contributed by atoms with Crippen molar-refractivity contribution in [2.45, 2.75) is 38.8 Å². The number of hydrogen-bond acceptors (Lipinski definition) is 3. The van der Waals surface area contributed by atoms with Gasteiger partial charge in [0.2, 0.25) is 0 Å². The van der Waals surface area contributed by atoms with Crippen LogP contribution < -0.4 is 0 Å². The highest BCUT2D eigenvalue weighted by molar-refractivity contribution is 6.13. The summed E-state index contributed by atoms with van der Waals surface area (Å²) in [5, 5.41) is 0. The molecule has 160 valence electrons. The Kier molecular flexibility index (Phi) is 6.95. The number of carbonyl (C=O) groups excluding carboxylic acids is 1. The lowest BCUT2D eigenvalue weighted by atomic mass is 10.0. The maximum Gasteiger partial charge on any atom is 0.331 e. The molecule has 0 heterocycles. The van der Waals surface area contributed by atoms with Gasteiger partial charge in [-0.05, 0) is 32.4 Å². The van der Waals surface area contributed by atoms with Crippen LogP contribution in [-0.4, -0.2) is 23.3 Å². The first-order valence-electron chi connectivity index (χ1n) is 10.1. The molecule has 0 radical (unpaired) electrons. The highest BCUT2D eigenvalue weighted by atomic mass is 19.2. The molecule has 1 atom stereocenters. The summed E-state index contributed by atoms with van der Waals surface area (Å²) >= 11 is 0. The second-order valence-corrected chi connectivity index (χ2v) is 8.18. The van der Waals surface area contributed by atoms with Gasteiger partial charge in [0.15, 0.2) is 17.7 Å². The van der Waals surface area contributed by atoms with Crippen molar-refractivity contribution in [3.63, 3.8) is 0 Å². The zero-order valence-electron chi connectivity index (χ0n) is 17.8. The zero-order chi connectivity index (χ0) is 22.4. The minimum atomic E-state index is -1.05. The number of rotatable bonds is 6. The molecule has 0 aliphatic carbocycles. The number of hydrogen-bond donors (Lipinski definition) is 0. The Balaban J connectivity index is 2.10. The van der Waals surface area contributed by atoms with Crippen LogP contribution in [0.25, 0.3) is 0 Å². The number of benzene rings is 3. The molecule has 0 saturated carbocycles. The van der Waals surface area contributed by atoms with Crippen molar-refractivity contribution >= 4 is 11.7 Å². The number of esters is 1. The predicted molar refractivity (Wildman–Crippen MR) is 118 cm³/mol. The normalized spacial score (nSPS) is 12.2. The Morgan fingerprint density at radius 1 is 0.871 bits per heavy atom. The minimum absolute atomic E-state index is 0.0695. The molecule has 0 N–H and O–H groups in total. The van der Waals surface area contributed by atoms with Crippen LogP contribution in [-0.2, 0) is 16.0 Å². The Labute approximate surface area is 181 Å². The molecular weight excluding hydrogens is 396 g/mol. The summed E-state index contributed by atoms with van der Waals surface area (Å²) in [4.78, 5) is 17.7. The van der Waals surface area contributed by atoms with E-state index in [0.717, 1.165) is 17.2 Å². The Morgan fingerprint density at radius 3 is 1.94 bits per heavy atom. The van der Waals surface area contributed by atoms with E-state index < -0.39 is 29.2 Å². The summed E-state index contributed by atoms with van der Waals surface area (Å²) in [5.41, 5.74) is 1.52. The summed E-state index contributed by atoms with van der Waals surface area (Å²) in [5.74, 6) is -2.54. The molecular formula is C26H25F2NO2. The van der Waals surface area contributed by atoms with Crippen molar-refractivity contribution in [2.75, 3.05) is 0 Å². The molecule has 0 unspecified atom stereocenters. The molecule has 0 amide bonds. The third-order valence-corrected chi connectivity index (χ3v) is 4.50. The second kappa shape index (κ2) is 9.65. The number of nitrogens with zero attached hydrogens (tertiary/aromatic N) is 1. The van der Waals surface area contributed by atoms with E-state index in [-0.39, 0.29) is 12.0 Å². The van der Waals surface area contributed by atoms with Crippen molar-refractivity contribution in [3.8, 4) is 0 Å². The molecule has 31 heavy (non-hydrogen) atoms. The average Bonchev–Trinajstić information content (AvgIpc) is 2.74. The van der Waals surface area contributed by atoms with E-state index in [9.17, 15) is 13.6 Å². The summed E-state index contributed by atoms with van der Waals surface area (Å²) in [7, 11) is 0. The van der Waals surface area contributed by atoms with E-state index in [4.69, 9.17) is 9.73 Å². The fraction of sp³-hybridized carbons (Fsp3) is 0.231. The molecule has 0 saturated heterocycles. The van der Waals surface area contributed by atoms with Gasteiger partial charge < -0.3 is 4.74 Å². The molecule has 0 spiro atoms. The molecule has 0 aromatic heterocycles. The van der Waals surface area contributed by atoms with Crippen LogP contribution >= 0.6 is 0 Å². The van der Waals surface area contributed by atoms with E-state index in [1.54, 1.807) is 20.8 Å². The Morgan fingerprint density at radius 2 is 1.42 bits per heavy atom. The lowest BCUT2D eigenvalue weighted by Crippen LogP contribution is -2.33. The topological polar surface area (TPSA) is 38.7 Å². The Bertz CT molecular complexity index is 1020. The molecule has 3 aromatic rings. The van der Waals surface area contributed by atoms with E-state index in [0.29, 0.717) is 5.71 Å². The van der Waals surface area contributed by atoms with Crippen LogP contribution in [0.2, 0.25) is 0 Å². The van der Waals surface area contributed by atoms with Crippen molar-refractivity contribution in [2.24, 2.45) is 4.99 Å². The van der Waals surface area contributed by atoms with E-state index in [1.165, 1.54) is 12.1 Å². The van der Waals surface area contributed by atoms with Crippen LogP contribution in [0.15, 0.2) is 83.9 Å². The van der Waals surface area contributed by atoms with Gasteiger partial charge in [-0.15, -0.1) is 0 Å². The standard InChI is InChI=1S/C26H25F2NO2/c1-26(2,3)31-25(30)22(17-20-15-10-16-21(27)23(20)28)29-24(18-11-6-4-7-12-18)19-13-8-5-9-14-19/h4-16,22H,17H2,1-3H3/t22-/m0/s1. The van der Waals surface area contributed by atoms with Gasteiger partial charge in [-0.2, -0.15) is 0 Å². The average molecular weight is 421 g/mol. The molecule has 0 aliphatic rings. The molecule has 3 nitrogen and oxygen atoms in total. The summed E-state index contributed by atoms with van der Waals surface area (Å²) in [6, 6.07) is 21.7. The van der Waals surface area contributed by atoms with Crippen molar-refractivity contribution in [1.82, 2.24) is 0 Å². The number of carbonyl (C=O) groups is 1. The van der Waals surface area contributed by atoms with E-state index in [1.807, 2.05) is 60.7 Å². The first-order valence-corrected chi connectivity index (χ1v) is 10.1. The van der Waals surface area contributed by atoms with Crippen LogP contribution in [0, 0.1) is 11.6 Å². The highest BCUT2D eigenvalue weighted by Gasteiger charge is 2.27. The van der Waals surface area contributed by atoms with Crippen molar-refractivity contribution in [3.05, 3.63) is 107 Å². The maximum absolute atomic E-state index is 14.4. The molecule has 0 aliphatic heterocycles. The zero-order valence-corrected chi connectivity index (χ0v) is 17.8. The lowest BCUT2D eigenvalue weighted by molar-refractivity contribution is -0.156. The fourth-order valence-corrected chi connectivity index (χ4v) is 3.13. The predicted octanol–water partition coefficient (Wildman–Crippen LogP) is 5.76. The summed E-state index contributed by atoms with van der Waals surface area (Å²) in [6.45, 7) is 5.26. The third-order valence-electron chi connectivity index (χ3n) is 4.50. The maximum atomic E-state index is 14.4. The molecule has 3 rings (SSSR count). The van der Waals surface area contributed by atoms with Gasteiger partial charge >= 0.3 is 5.97 Å². The van der Waals surface area contributed by atoms with Crippen molar-refractivity contribution in [1.29, 1.82) is 0 Å². The van der Waals surface area contributed by atoms with Gasteiger partial charge in [0.1, 0.15) is 5.60 Å². The van der Waals surface area contributed by atoms with Gasteiger partial charge in [0.25, 0.3) is 0 Å². The number of halogens is 2. The summed E-state index contributed by atoms with van der Waals surface area (Å²) in [6.07, 6.45) is -0.123. The molecule has 0 fully saturated rings. The highest BCUT2D eigenvalue weighted by Crippen LogP contribution is 2.20. The first kappa shape index (κ1) is 22.3. The number of aliphatic imine (C=N–C) groups is 1. The minimum Gasteiger partial charge on any atom is -0.458 e. The smallest absolute Gasteiger partial charge is 0.331 e. The van der Waals surface area contributed by atoms with Crippen LogP contribution in [0.1, 0.15) is 37.5 Å². The van der Waals surface area contributed by atoms with Gasteiger partial charge in [0, 0.05) is 17.5 Å². The van der Waals surface area contributed by atoms with E-state index >= 15 is 0 Å². The SMILES string of the molecule is CC(C)(C)OC(=O)[C@H](Cc1cccc(F)c1F)N=C(c1ccccc1)c1ccccc1. The van der Waals surface area contributed by atoms with Gasteiger partial charge in [-0.25, -0.2) is 13.6 Å². The van der Waals surface area contributed by atoms with Gasteiger partial charge in [0.05, 0.1) is 5.71 Å². The monoisotopic (exact) mass is 421 g/mol. The van der Waals surface area contributed by atoms with E-state index in [2.05, 4.69) is 0 Å². The van der Waals surface area contributed by atoms with Crippen LogP contribution in [0.3, 0.4) is 0 Å². The number of ether oxygens (including phenoxy) is 1. The summed E-state index contributed by atoms with van der Waals surface area (Å²) < 4.78 is 33.7. The molecule has 5 heteroatoms. The Hall–Kier alpha value is -3.34. The quantitative estimate of drug-likeness (QED) is 0.375. The van der Waals surface area contributed by atoms with Gasteiger partial charge in [-0.1, -0.05) is 72.8 Å². The van der Waals surface area contributed by atoms with Crippen LogP contribution in [0.4, 0.5) is 8.78 Å². The molecule has 0 bridgehead atoms. The first-order chi connectivity index (χ1) is 14.7.